The zero-order valence-electron chi connectivity index (χ0n) is 18.3. The van der Waals surface area contributed by atoms with Crippen LogP contribution in [0.5, 0.6) is 5.75 Å². The minimum absolute atomic E-state index is 0.000475. The topological polar surface area (TPSA) is 125 Å². The van der Waals surface area contributed by atoms with Gasteiger partial charge in [0.05, 0.1) is 6.10 Å². The van der Waals surface area contributed by atoms with Crippen molar-refractivity contribution >= 4 is 33.4 Å². The van der Waals surface area contributed by atoms with E-state index in [1.165, 1.54) is 9.80 Å². The largest absolute Gasteiger partial charge is 0.491 e. The zero-order valence-corrected chi connectivity index (χ0v) is 19.1. The first kappa shape index (κ1) is 24.4. The molecule has 31 heavy (non-hydrogen) atoms. The number of benzene rings is 1. The van der Waals surface area contributed by atoms with E-state index in [1.807, 2.05) is 13.8 Å². The lowest BCUT2D eigenvalue weighted by molar-refractivity contribution is -0.148. The Morgan fingerprint density at radius 1 is 0.968 bits per heavy atom. The lowest BCUT2D eigenvalue weighted by Crippen LogP contribution is -2.55. The van der Waals surface area contributed by atoms with Crippen molar-refractivity contribution < 1.29 is 27.5 Å². The van der Waals surface area contributed by atoms with Crippen molar-refractivity contribution in [1.82, 2.24) is 15.1 Å². The summed E-state index contributed by atoms with van der Waals surface area (Å²) in [6.45, 7) is 7.94. The van der Waals surface area contributed by atoms with Crippen LogP contribution in [0.3, 0.4) is 0 Å². The van der Waals surface area contributed by atoms with Crippen LogP contribution in [0.4, 0.5) is 5.69 Å². The molecule has 1 saturated heterocycles. The average Bonchev–Trinajstić information content (AvgIpc) is 2.67. The van der Waals surface area contributed by atoms with Gasteiger partial charge in [-0.1, -0.05) is 0 Å². The van der Waals surface area contributed by atoms with E-state index in [9.17, 15) is 22.8 Å². The van der Waals surface area contributed by atoms with Gasteiger partial charge in [-0.25, -0.2) is 8.42 Å². The van der Waals surface area contributed by atoms with Crippen molar-refractivity contribution in [2.75, 3.05) is 36.7 Å². The summed E-state index contributed by atoms with van der Waals surface area (Å²) in [4.78, 5) is 39.1. The molecular formula is C20H30N4O6S. The molecule has 0 aromatic heterocycles. The second-order valence-corrected chi connectivity index (χ2v) is 9.58. The third-order valence-electron chi connectivity index (χ3n) is 4.35. The van der Waals surface area contributed by atoms with Crippen LogP contribution < -0.4 is 14.8 Å². The number of carbonyl (C=O) groups excluding carboxylic acids is 3. The molecule has 0 aliphatic carbocycles. The summed E-state index contributed by atoms with van der Waals surface area (Å²) >= 11 is 0. The van der Waals surface area contributed by atoms with Crippen LogP contribution in [0.2, 0.25) is 0 Å². The number of piperazine rings is 1. The Kier molecular flexibility index (Phi) is 8.26. The maximum absolute atomic E-state index is 12.4. The summed E-state index contributed by atoms with van der Waals surface area (Å²) in [5, 5.41) is 2.53. The molecule has 0 bridgehead atoms. The maximum Gasteiger partial charge on any atom is 0.312 e. The van der Waals surface area contributed by atoms with Crippen molar-refractivity contribution in [2.24, 2.45) is 0 Å². The molecule has 0 saturated carbocycles. The number of rotatable bonds is 7. The number of hydrogen-bond donors (Lipinski definition) is 2. The summed E-state index contributed by atoms with van der Waals surface area (Å²) in [5.74, 6) is -2.00. The average molecular weight is 455 g/mol. The Balaban J connectivity index is 1.86. The van der Waals surface area contributed by atoms with Gasteiger partial charge in [-0.2, -0.15) is 0 Å². The highest BCUT2D eigenvalue weighted by Crippen LogP contribution is 2.18. The number of sulfonamides is 1. The molecule has 1 aromatic rings. The first-order valence-corrected chi connectivity index (χ1v) is 11.8. The standard InChI is InChI=1S/C20H30N4O6S/c1-14(2)21-19(26)20(27)24-11-9-23(10-12-24)18(25)13-31(28,29)22-16-5-7-17(8-6-16)30-15(3)4/h5-8,14-15,22H,9-13H2,1-4H3,(H,21,26). The highest BCUT2D eigenvalue weighted by atomic mass is 32.2. The molecule has 172 valence electrons. The van der Waals surface area contributed by atoms with Gasteiger partial charge in [-0.15, -0.1) is 0 Å². The van der Waals surface area contributed by atoms with Crippen LogP contribution in [0.25, 0.3) is 0 Å². The fourth-order valence-electron chi connectivity index (χ4n) is 2.97. The van der Waals surface area contributed by atoms with E-state index in [-0.39, 0.29) is 38.3 Å². The number of carbonyl (C=O) groups is 3. The molecule has 3 amide bonds. The molecule has 0 unspecified atom stereocenters. The van der Waals surface area contributed by atoms with Crippen LogP contribution >= 0.6 is 0 Å². The van der Waals surface area contributed by atoms with E-state index in [0.717, 1.165) is 0 Å². The number of anilines is 1. The molecule has 1 fully saturated rings. The van der Waals surface area contributed by atoms with Gasteiger partial charge < -0.3 is 19.9 Å². The summed E-state index contributed by atoms with van der Waals surface area (Å²) in [5.41, 5.74) is 0.329. The van der Waals surface area contributed by atoms with Crippen molar-refractivity contribution in [3.8, 4) is 5.75 Å². The van der Waals surface area contributed by atoms with Crippen molar-refractivity contribution in [3.63, 3.8) is 0 Å². The number of hydrogen-bond acceptors (Lipinski definition) is 6. The highest BCUT2D eigenvalue weighted by Gasteiger charge is 2.29. The fourth-order valence-corrected chi connectivity index (χ4v) is 4.04. The third kappa shape index (κ3) is 7.74. The first-order valence-electron chi connectivity index (χ1n) is 10.1. The van der Waals surface area contributed by atoms with Gasteiger partial charge in [0, 0.05) is 37.9 Å². The van der Waals surface area contributed by atoms with Crippen molar-refractivity contribution in [2.45, 2.75) is 39.8 Å². The Morgan fingerprint density at radius 2 is 1.52 bits per heavy atom. The summed E-state index contributed by atoms with van der Waals surface area (Å²) in [6.07, 6.45) is 0.000475. The number of nitrogens with zero attached hydrogens (tertiary/aromatic N) is 2. The van der Waals surface area contributed by atoms with E-state index >= 15 is 0 Å². The lowest BCUT2D eigenvalue weighted by atomic mass is 10.3. The van der Waals surface area contributed by atoms with Crippen LogP contribution in [0, 0.1) is 0 Å². The Morgan fingerprint density at radius 3 is 2.03 bits per heavy atom. The van der Waals surface area contributed by atoms with Crippen molar-refractivity contribution in [3.05, 3.63) is 24.3 Å². The predicted molar refractivity (Wildman–Crippen MR) is 116 cm³/mol. The zero-order chi connectivity index (χ0) is 23.2. The molecule has 2 N–H and O–H groups in total. The van der Waals surface area contributed by atoms with Crippen LogP contribution in [0.1, 0.15) is 27.7 Å². The summed E-state index contributed by atoms with van der Waals surface area (Å²) in [6, 6.07) is 6.26. The van der Waals surface area contributed by atoms with E-state index < -0.39 is 33.5 Å². The maximum atomic E-state index is 12.4. The first-order chi connectivity index (χ1) is 14.5. The van der Waals surface area contributed by atoms with Gasteiger partial charge in [-0.05, 0) is 52.0 Å². The van der Waals surface area contributed by atoms with Crippen LogP contribution in [-0.4, -0.2) is 80.0 Å². The molecule has 1 heterocycles. The van der Waals surface area contributed by atoms with Gasteiger partial charge in [0.25, 0.3) is 0 Å². The highest BCUT2D eigenvalue weighted by molar-refractivity contribution is 7.93. The number of amides is 3. The fraction of sp³-hybridized carbons (Fsp3) is 0.550. The second-order valence-electron chi connectivity index (χ2n) is 7.85. The monoisotopic (exact) mass is 454 g/mol. The molecule has 0 radical (unpaired) electrons. The van der Waals surface area contributed by atoms with E-state index in [2.05, 4.69) is 10.0 Å². The van der Waals surface area contributed by atoms with E-state index in [1.54, 1.807) is 38.1 Å². The van der Waals surface area contributed by atoms with Gasteiger partial charge >= 0.3 is 11.8 Å². The summed E-state index contributed by atoms with van der Waals surface area (Å²) < 4.78 is 32.6. The lowest BCUT2D eigenvalue weighted by Gasteiger charge is -2.34. The van der Waals surface area contributed by atoms with Gasteiger partial charge in [0.15, 0.2) is 0 Å². The van der Waals surface area contributed by atoms with Crippen LogP contribution in [0.15, 0.2) is 24.3 Å². The normalized spacial score (nSPS) is 14.5. The molecule has 2 rings (SSSR count). The van der Waals surface area contributed by atoms with E-state index in [0.29, 0.717) is 11.4 Å². The predicted octanol–water partition coefficient (Wildman–Crippen LogP) is 0.411. The number of nitrogens with one attached hydrogen (secondary N) is 2. The van der Waals surface area contributed by atoms with Gasteiger partial charge in [0.2, 0.25) is 15.9 Å². The summed E-state index contributed by atoms with van der Waals surface area (Å²) in [7, 11) is -3.90. The molecule has 1 aliphatic rings. The van der Waals surface area contributed by atoms with E-state index in [4.69, 9.17) is 4.74 Å². The Hall–Kier alpha value is -2.82. The van der Waals surface area contributed by atoms with Gasteiger partial charge in [0.1, 0.15) is 11.5 Å². The smallest absolute Gasteiger partial charge is 0.312 e. The molecule has 1 aromatic carbocycles. The second kappa shape index (κ2) is 10.5. The minimum Gasteiger partial charge on any atom is -0.491 e. The van der Waals surface area contributed by atoms with Crippen LogP contribution in [-0.2, 0) is 24.4 Å². The Bertz CT molecular complexity index is 891. The molecule has 1 aliphatic heterocycles. The molecule has 11 heteroatoms. The molecule has 10 nitrogen and oxygen atoms in total. The molecule has 0 atom stereocenters. The van der Waals surface area contributed by atoms with Gasteiger partial charge in [-0.3, -0.25) is 19.1 Å². The number of ether oxygens (including phenoxy) is 1. The SMILES string of the molecule is CC(C)NC(=O)C(=O)N1CCN(C(=O)CS(=O)(=O)Nc2ccc(OC(C)C)cc2)CC1. The Labute approximate surface area is 183 Å². The molecule has 0 spiro atoms. The quantitative estimate of drug-likeness (QED) is 0.575. The third-order valence-corrected chi connectivity index (χ3v) is 5.52. The van der Waals surface area contributed by atoms with Crippen molar-refractivity contribution in [1.29, 1.82) is 0 Å². The minimum atomic E-state index is -3.90. The molecular weight excluding hydrogens is 424 g/mol.